The molecule has 0 fully saturated rings. The number of carbonyl (C=O) groups excluding carboxylic acids is 9. The molecule has 0 unspecified atom stereocenters. The topological polar surface area (TPSA) is 244 Å². The predicted octanol–water partition coefficient (Wildman–Crippen LogP) is 13.0. The minimum atomic E-state index is -1.08. The lowest BCUT2D eigenvalue weighted by molar-refractivity contribution is -0.157. The number of ether oxygens (including phenoxy) is 5. The average molecular weight is 1100 g/mol. The van der Waals surface area contributed by atoms with Crippen molar-refractivity contribution in [2.45, 2.75) is 194 Å². The molecular weight excluding hydrogens is 983 g/mol. The minimum absolute atomic E-state index is 0.124. The van der Waals surface area contributed by atoms with Crippen molar-refractivity contribution in [1.29, 1.82) is 0 Å². The molecule has 0 heterocycles. The third-order valence-electron chi connectivity index (χ3n) is 3.82. The number of hydrogen-bond donors (Lipinski definition) is 2. The summed E-state index contributed by atoms with van der Waals surface area (Å²) in [6.45, 7) is 54.5. The Morgan fingerprint density at radius 3 is 0.973 bits per heavy atom. The van der Waals surface area contributed by atoms with Gasteiger partial charge in [-0.1, -0.05) is 172 Å². The van der Waals surface area contributed by atoms with Gasteiger partial charge in [0, 0.05) is 58.8 Å². The Bertz CT molecular complexity index is 1170. The van der Waals surface area contributed by atoms with E-state index in [4.69, 9.17) is 11.6 Å². The molecule has 74 heavy (non-hydrogen) atoms. The zero-order valence-corrected chi connectivity index (χ0v) is 54.7. The number of Topliss-reactive ketones (excluding diaryl/α,β-unsaturated/α-hetero) is 1. The van der Waals surface area contributed by atoms with Crippen LogP contribution >= 0.6 is 11.6 Å². The maximum atomic E-state index is 11.2. The van der Waals surface area contributed by atoms with Gasteiger partial charge in [-0.2, -0.15) is 0 Å². The standard InChI is InChI=1S/C9H13NO5.C7H11NO2.C5H9NO2.C4H5ClO3.C4H5FO2.12C2H6.CH5N/c1-4-15-9(13)8(12)10(2)6-5-7(11)14-3;1-4-5-8(3)7(10)6(2)9;1-6-4-3-5(7)8-2;1-2-8-4(7)3(5)6;1-7-4(6)2-3-5;13*1-2/h5-6H,4H2,1-3H3;4-5H,1-3H3;3-4,6H,1-2H3;2H2,1H3;2-3H,1H3;12*1-2H3;2H2,1H3/b6-5-;5-4-;4-3-;;3-2-;;;;;;;;;;;;;. The summed E-state index contributed by atoms with van der Waals surface area (Å²) in [5.41, 5.74) is 4.50. The Labute approximate surface area is 460 Å². The molecule has 18 nitrogen and oxygen atoms in total. The van der Waals surface area contributed by atoms with Crippen LogP contribution < -0.4 is 11.1 Å². The summed E-state index contributed by atoms with van der Waals surface area (Å²) in [7, 11) is 9.81. The van der Waals surface area contributed by atoms with Crippen LogP contribution in [0, 0.1) is 0 Å². The molecule has 2 amide bonds. The van der Waals surface area contributed by atoms with Gasteiger partial charge in [0.1, 0.15) is 0 Å². The zero-order valence-electron chi connectivity index (χ0n) is 54.0. The van der Waals surface area contributed by atoms with Crippen molar-refractivity contribution >= 4 is 64.3 Å². The van der Waals surface area contributed by atoms with Gasteiger partial charge in [0.2, 0.25) is 5.78 Å². The Morgan fingerprint density at radius 1 is 0.500 bits per heavy atom. The van der Waals surface area contributed by atoms with Gasteiger partial charge in [0.15, 0.2) is 0 Å². The number of esters is 5. The second-order valence-electron chi connectivity index (χ2n) is 7.39. The Hall–Kier alpha value is -5.43. The normalized spacial score (nSPS) is 7.16. The van der Waals surface area contributed by atoms with E-state index in [2.05, 4.69) is 34.7 Å². The average Bonchev–Trinajstić information content (AvgIpc) is 3.48. The molecule has 0 aromatic heterocycles. The molecule has 0 radical (unpaired) electrons. The SMILES string of the molecule is C/C=C\N(C)C(=O)C(C)=O.CC.CC.CC.CC.CC.CC.CC.CC.CC.CC.CC.CC.CCOC(=O)C(=O)Cl.CCOC(=O)C(=O)N(C)/C=C\C(=O)OC.CN.CN/C=C\C(=O)OC.COC(=O)/C=C\F. The predicted molar refractivity (Wildman–Crippen MR) is 315 cm³/mol. The van der Waals surface area contributed by atoms with E-state index in [9.17, 15) is 47.5 Å². The molecule has 0 aliphatic rings. The lowest BCUT2D eigenvalue weighted by Gasteiger charge is -2.09. The first kappa shape index (κ1) is 122. The molecule has 0 aromatic rings. The van der Waals surface area contributed by atoms with Gasteiger partial charge in [-0.3, -0.25) is 19.2 Å². The third kappa shape index (κ3) is 166. The summed E-state index contributed by atoms with van der Waals surface area (Å²) in [4.78, 5) is 96.1. The molecule has 3 N–H and O–H groups in total. The van der Waals surface area contributed by atoms with Crippen LogP contribution in [0.4, 0.5) is 4.39 Å². The van der Waals surface area contributed by atoms with E-state index in [0.717, 1.165) is 17.2 Å². The largest absolute Gasteiger partial charge is 0.466 e. The summed E-state index contributed by atoms with van der Waals surface area (Å²) in [5, 5.41) is 1.57. The van der Waals surface area contributed by atoms with Crippen LogP contribution in [0.5, 0.6) is 0 Å². The highest BCUT2D eigenvalue weighted by Gasteiger charge is 2.18. The van der Waals surface area contributed by atoms with Crippen LogP contribution in [0.3, 0.4) is 0 Å². The van der Waals surface area contributed by atoms with Gasteiger partial charge in [-0.15, -0.1) is 0 Å². The summed E-state index contributed by atoms with van der Waals surface area (Å²) < 4.78 is 32.2. The van der Waals surface area contributed by atoms with Gasteiger partial charge in [0.25, 0.3) is 5.91 Å². The van der Waals surface area contributed by atoms with Gasteiger partial charge < -0.3 is 44.5 Å². The van der Waals surface area contributed by atoms with Gasteiger partial charge in [0.05, 0.1) is 46.9 Å². The number of allylic oxidation sites excluding steroid dienone is 1. The fourth-order valence-corrected chi connectivity index (χ4v) is 1.77. The molecule has 0 aromatic carbocycles. The minimum Gasteiger partial charge on any atom is -0.466 e. The van der Waals surface area contributed by atoms with Gasteiger partial charge in [-0.05, 0) is 39.4 Å². The van der Waals surface area contributed by atoms with Crippen LogP contribution in [-0.4, -0.2) is 125 Å². The number of likely N-dealkylation sites (N-methyl/N-ethyl adjacent to an activating group) is 2. The summed E-state index contributed by atoms with van der Waals surface area (Å²) in [6.07, 6.45) is 9.03. The molecular formula is C54H120ClFN4O14. The second kappa shape index (κ2) is 158. The summed E-state index contributed by atoms with van der Waals surface area (Å²) >= 11 is 4.69. The molecule has 20 heteroatoms. The van der Waals surface area contributed by atoms with E-state index in [1.165, 1.54) is 59.5 Å². The van der Waals surface area contributed by atoms with Crippen molar-refractivity contribution in [1.82, 2.24) is 15.1 Å². The Morgan fingerprint density at radius 2 is 0.770 bits per heavy atom. The number of rotatable bonds is 10. The number of amides is 2. The van der Waals surface area contributed by atoms with Crippen LogP contribution in [0.15, 0.2) is 49.2 Å². The fraction of sp³-hybridized carbons (Fsp3) is 0.685. The number of methoxy groups -OCH3 is 3. The van der Waals surface area contributed by atoms with Gasteiger partial charge >= 0.3 is 41.0 Å². The smallest absolute Gasteiger partial charge is 0.397 e. The van der Waals surface area contributed by atoms with Crippen molar-refractivity contribution < 1.29 is 71.2 Å². The van der Waals surface area contributed by atoms with Crippen molar-refractivity contribution in [2.75, 3.05) is 62.7 Å². The van der Waals surface area contributed by atoms with Crippen molar-refractivity contribution in [3.8, 4) is 0 Å². The molecule has 0 atom stereocenters. The van der Waals surface area contributed by atoms with E-state index >= 15 is 0 Å². The molecule has 0 aliphatic heterocycles. The molecule has 0 rings (SSSR count). The van der Waals surface area contributed by atoms with E-state index in [-0.39, 0.29) is 25.5 Å². The Balaban J connectivity index is -0.0000000301. The monoisotopic (exact) mass is 1100 g/mol. The lowest BCUT2D eigenvalue weighted by atomic mass is 10.4. The molecule has 0 bridgehead atoms. The van der Waals surface area contributed by atoms with E-state index in [0.29, 0.717) is 6.08 Å². The number of nitrogens with one attached hydrogen (secondary N) is 1. The first-order chi connectivity index (χ1) is 35.4. The zero-order chi connectivity index (χ0) is 64.7. The molecule has 0 saturated heterocycles. The highest BCUT2D eigenvalue weighted by Crippen LogP contribution is 1.91. The molecule has 0 aliphatic carbocycles. The molecule has 0 saturated carbocycles. The number of ketones is 1. The maximum Gasteiger partial charge on any atom is 0.397 e. The molecule has 454 valence electrons. The number of nitrogens with zero attached hydrogens (tertiary/aromatic N) is 2. The van der Waals surface area contributed by atoms with Gasteiger partial charge in [-0.25, -0.2) is 28.4 Å². The summed E-state index contributed by atoms with van der Waals surface area (Å²) in [5.74, 6) is -5.38. The first-order valence-corrected chi connectivity index (χ1v) is 26.1. The van der Waals surface area contributed by atoms with E-state index in [1.54, 1.807) is 47.1 Å². The van der Waals surface area contributed by atoms with Crippen molar-refractivity contribution in [3.05, 3.63) is 49.2 Å². The Kier molecular flexibility index (Phi) is 261. The number of carbonyl (C=O) groups is 9. The highest BCUT2D eigenvalue weighted by molar-refractivity contribution is 6.80. The van der Waals surface area contributed by atoms with Crippen molar-refractivity contribution in [3.63, 3.8) is 0 Å². The van der Waals surface area contributed by atoms with E-state index in [1.807, 2.05) is 166 Å². The molecule has 0 spiro atoms. The first-order valence-electron chi connectivity index (χ1n) is 25.7. The quantitative estimate of drug-likeness (QED) is 0.0679. The van der Waals surface area contributed by atoms with Crippen LogP contribution in [-0.2, 0) is 66.8 Å². The van der Waals surface area contributed by atoms with Crippen LogP contribution in [0.1, 0.15) is 194 Å². The number of nitrogens with two attached hydrogens (primary N) is 1. The maximum absolute atomic E-state index is 11.2. The second-order valence-corrected chi connectivity index (χ2v) is 7.73. The van der Waals surface area contributed by atoms with Crippen LogP contribution in [0.25, 0.3) is 0 Å². The number of halogens is 2. The lowest BCUT2D eigenvalue weighted by Crippen LogP contribution is -2.30. The van der Waals surface area contributed by atoms with Crippen LogP contribution in [0.2, 0.25) is 0 Å². The number of hydrogen-bond acceptors (Lipinski definition) is 16. The van der Waals surface area contributed by atoms with E-state index < -0.39 is 46.7 Å². The summed E-state index contributed by atoms with van der Waals surface area (Å²) in [6, 6.07) is 0. The van der Waals surface area contributed by atoms with Crippen molar-refractivity contribution in [2.24, 2.45) is 5.73 Å². The third-order valence-corrected chi connectivity index (χ3v) is 3.98. The highest BCUT2D eigenvalue weighted by atomic mass is 35.5. The fourth-order valence-electron chi connectivity index (χ4n) is 1.71.